The number of benzene rings is 4. The third-order valence-electron chi connectivity index (χ3n) is 8.40. The summed E-state index contributed by atoms with van der Waals surface area (Å²) < 4.78 is 22.0. The molecule has 1 unspecified atom stereocenters. The second kappa shape index (κ2) is 15.6. The van der Waals surface area contributed by atoms with Gasteiger partial charge in [-0.1, -0.05) is 103 Å². The Kier molecular flexibility index (Phi) is 10.6. The van der Waals surface area contributed by atoms with Gasteiger partial charge in [0.25, 0.3) is 5.91 Å². The summed E-state index contributed by atoms with van der Waals surface area (Å²) in [6.07, 6.45) is -2.19. The molecule has 0 saturated carbocycles. The van der Waals surface area contributed by atoms with Crippen LogP contribution in [0.5, 0.6) is 5.75 Å². The molecule has 262 valence electrons. The molecule has 2 aliphatic heterocycles. The van der Waals surface area contributed by atoms with Gasteiger partial charge in [0.2, 0.25) is 5.91 Å². The van der Waals surface area contributed by atoms with Crippen molar-refractivity contribution >= 4 is 29.8 Å². The number of carbonyl (C=O) groups is 5. The van der Waals surface area contributed by atoms with E-state index in [1.54, 1.807) is 110 Å². The fourth-order valence-electron chi connectivity index (χ4n) is 5.76. The molecule has 13 nitrogen and oxygen atoms in total. The molecule has 0 aromatic heterocycles. The van der Waals surface area contributed by atoms with Gasteiger partial charge in [-0.25, -0.2) is 9.59 Å². The van der Waals surface area contributed by atoms with Crippen molar-refractivity contribution in [2.24, 2.45) is 0 Å². The van der Waals surface area contributed by atoms with Gasteiger partial charge in [-0.2, -0.15) is 5.06 Å². The first-order valence-corrected chi connectivity index (χ1v) is 16.2. The Morgan fingerprint density at radius 1 is 0.843 bits per heavy atom. The van der Waals surface area contributed by atoms with E-state index in [0.29, 0.717) is 33.1 Å². The fourth-order valence-corrected chi connectivity index (χ4v) is 5.76. The van der Waals surface area contributed by atoms with Gasteiger partial charge in [-0.05, 0) is 34.4 Å². The van der Waals surface area contributed by atoms with Gasteiger partial charge in [-0.3, -0.25) is 19.2 Å². The predicted octanol–water partition coefficient (Wildman–Crippen LogP) is 4.29. The molecule has 2 aliphatic rings. The zero-order valence-corrected chi connectivity index (χ0v) is 27.6. The van der Waals surface area contributed by atoms with E-state index in [0.717, 1.165) is 0 Å². The second-order valence-electron chi connectivity index (χ2n) is 11.8. The number of hydrogen-bond donors (Lipinski definition) is 2. The lowest BCUT2D eigenvalue weighted by Gasteiger charge is -2.34. The van der Waals surface area contributed by atoms with Crippen LogP contribution in [0.2, 0.25) is 0 Å². The first-order chi connectivity index (χ1) is 24.8. The van der Waals surface area contributed by atoms with E-state index in [1.165, 1.54) is 0 Å². The summed E-state index contributed by atoms with van der Waals surface area (Å²) in [7, 11) is 1.54. The first kappa shape index (κ1) is 34.6. The van der Waals surface area contributed by atoms with E-state index in [9.17, 15) is 24.0 Å². The summed E-state index contributed by atoms with van der Waals surface area (Å²) in [6, 6.07) is 30.7. The highest BCUT2D eigenvalue weighted by atomic mass is 16.8. The normalized spacial score (nSPS) is 18.9. The van der Waals surface area contributed by atoms with Crippen molar-refractivity contribution < 1.29 is 47.8 Å². The molecular formula is C38H35N3O10. The summed E-state index contributed by atoms with van der Waals surface area (Å²) >= 11 is 0. The number of esters is 2. The number of alkyl carbamates (subject to hydrolysis) is 1. The van der Waals surface area contributed by atoms with Crippen LogP contribution in [0.15, 0.2) is 115 Å². The van der Waals surface area contributed by atoms with E-state index in [1.807, 2.05) is 12.1 Å². The minimum absolute atomic E-state index is 0.0742. The van der Waals surface area contributed by atoms with Crippen molar-refractivity contribution in [3.05, 3.63) is 138 Å². The molecule has 6 rings (SSSR count). The summed E-state index contributed by atoms with van der Waals surface area (Å²) in [5.41, 5.74) is 0.170. The Morgan fingerprint density at radius 3 is 1.98 bits per heavy atom. The number of nitrogens with zero attached hydrogens (tertiary/aromatic N) is 1. The number of hydroxylamine groups is 2. The molecule has 13 heteroatoms. The van der Waals surface area contributed by atoms with Crippen molar-refractivity contribution in [3.8, 4) is 5.75 Å². The molecule has 4 aromatic carbocycles. The number of methoxy groups -OCH3 is 1. The van der Waals surface area contributed by atoms with Crippen molar-refractivity contribution in [2.45, 2.75) is 43.4 Å². The largest absolute Gasteiger partial charge is 0.497 e. The van der Waals surface area contributed by atoms with Crippen LogP contribution >= 0.6 is 0 Å². The molecule has 2 fully saturated rings. The van der Waals surface area contributed by atoms with Crippen LogP contribution in [0.3, 0.4) is 0 Å². The van der Waals surface area contributed by atoms with E-state index in [4.69, 9.17) is 23.8 Å². The third-order valence-corrected chi connectivity index (χ3v) is 8.40. The van der Waals surface area contributed by atoms with Crippen LogP contribution in [0.1, 0.15) is 47.2 Å². The summed E-state index contributed by atoms with van der Waals surface area (Å²) in [5, 5.41) is 5.83. The van der Waals surface area contributed by atoms with E-state index in [2.05, 4.69) is 10.6 Å². The molecule has 0 radical (unpaired) electrons. The highest BCUT2D eigenvalue weighted by molar-refractivity contribution is 5.96. The van der Waals surface area contributed by atoms with Crippen LogP contribution in [-0.4, -0.2) is 60.4 Å². The van der Waals surface area contributed by atoms with Crippen LogP contribution in [0.25, 0.3) is 0 Å². The molecule has 2 heterocycles. The standard InChI is InChI=1S/C38H35N3O10/c1-47-29-19-17-25(18-20-29)23-48-37(46)40-32(26-11-5-2-6-12-26)34(43)39-30-24-49-41(35(30)44)38(22-21-31(42)51-38)36(45)50-33(27-13-7-3-8-14-27)28-15-9-4-10-16-28/h2-20,30,32-33H,21-24H2,1H3,(H,39,43)(H,40,46)/t30-,32+,38?/m0/s1. The molecular weight excluding hydrogens is 658 g/mol. The van der Waals surface area contributed by atoms with Crippen LogP contribution in [-0.2, 0) is 44.8 Å². The topological polar surface area (TPSA) is 159 Å². The number of amides is 3. The Bertz CT molecular complexity index is 1820. The zero-order chi connectivity index (χ0) is 35.8. The Hall–Kier alpha value is -6.21. The number of nitrogens with one attached hydrogen (secondary N) is 2. The fraction of sp³-hybridized carbons (Fsp3) is 0.237. The average molecular weight is 694 g/mol. The highest BCUT2D eigenvalue weighted by Crippen LogP contribution is 2.38. The smallest absolute Gasteiger partial charge is 0.408 e. The Morgan fingerprint density at radius 2 is 1.43 bits per heavy atom. The lowest BCUT2D eigenvalue weighted by atomic mass is 10.0. The number of hydrogen-bond acceptors (Lipinski definition) is 10. The molecule has 0 spiro atoms. The van der Waals surface area contributed by atoms with Crippen LogP contribution < -0.4 is 15.4 Å². The van der Waals surface area contributed by atoms with Gasteiger partial charge in [0.1, 0.15) is 31.0 Å². The van der Waals surface area contributed by atoms with E-state index >= 15 is 0 Å². The highest BCUT2D eigenvalue weighted by Gasteiger charge is 2.60. The number of rotatable bonds is 12. The molecule has 3 amide bonds. The van der Waals surface area contributed by atoms with Crippen molar-refractivity contribution in [1.29, 1.82) is 0 Å². The molecule has 0 bridgehead atoms. The van der Waals surface area contributed by atoms with E-state index in [-0.39, 0.29) is 26.1 Å². The lowest BCUT2D eigenvalue weighted by molar-refractivity contribution is -0.260. The first-order valence-electron chi connectivity index (χ1n) is 16.2. The third kappa shape index (κ3) is 7.84. The van der Waals surface area contributed by atoms with Gasteiger partial charge >= 0.3 is 23.8 Å². The minimum atomic E-state index is -2.24. The van der Waals surface area contributed by atoms with E-state index < -0.39 is 53.8 Å². The summed E-state index contributed by atoms with van der Waals surface area (Å²) in [5.74, 6) is -2.70. The lowest BCUT2D eigenvalue weighted by Crippen LogP contribution is -2.57. The molecule has 51 heavy (non-hydrogen) atoms. The number of cyclic esters (lactones) is 1. The number of ether oxygens (including phenoxy) is 4. The SMILES string of the molecule is COc1ccc(COC(=O)N[C@@H](C(=O)N[C@H]2CON(C3(C(=O)OC(c4ccccc4)c4ccccc4)CCC(=O)O3)C2=O)c2ccccc2)cc1. The average Bonchev–Trinajstić information content (AvgIpc) is 3.75. The monoisotopic (exact) mass is 693 g/mol. The maximum atomic E-state index is 14.0. The minimum Gasteiger partial charge on any atom is -0.497 e. The molecule has 4 aromatic rings. The van der Waals surface area contributed by atoms with Gasteiger partial charge in [0.15, 0.2) is 6.10 Å². The van der Waals surface area contributed by atoms with Gasteiger partial charge in [0, 0.05) is 6.42 Å². The van der Waals surface area contributed by atoms with Gasteiger partial charge < -0.3 is 29.6 Å². The number of carbonyl (C=O) groups excluding carboxylic acids is 5. The second-order valence-corrected chi connectivity index (χ2v) is 11.8. The maximum absolute atomic E-state index is 14.0. The van der Waals surface area contributed by atoms with Crippen molar-refractivity contribution in [2.75, 3.05) is 13.7 Å². The molecule has 0 aliphatic carbocycles. The Labute approximate surface area is 293 Å². The van der Waals surface area contributed by atoms with Gasteiger partial charge in [0.05, 0.1) is 13.5 Å². The van der Waals surface area contributed by atoms with Crippen molar-refractivity contribution in [3.63, 3.8) is 0 Å². The quantitative estimate of drug-likeness (QED) is 0.162. The molecule has 3 atom stereocenters. The molecule has 2 saturated heterocycles. The Balaban J connectivity index is 1.17. The zero-order valence-electron chi connectivity index (χ0n) is 27.6. The van der Waals surface area contributed by atoms with Crippen LogP contribution in [0, 0.1) is 0 Å². The predicted molar refractivity (Wildman–Crippen MR) is 179 cm³/mol. The van der Waals surface area contributed by atoms with Gasteiger partial charge in [-0.15, -0.1) is 0 Å². The summed E-state index contributed by atoms with van der Waals surface area (Å²) in [4.78, 5) is 72.5. The molecule has 2 N–H and O–H groups in total. The maximum Gasteiger partial charge on any atom is 0.408 e. The van der Waals surface area contributed by atoms with Crippen molar-refractivity contribution in [1.82, 2.24) is 15.7 Å². The van der Waals surface area contributed by atoms with Crippen LogP contribution in [0.4, 0.5) is 4.79 Å². The summed E-state index contributed by atoms with van der Waals surface area (Å²) in [6.45, 7) is -0.462.